The van der Waals surface area contributed by atoms with Crippen molar-refractivity contribution in [2.24, 2.45) is 0 Å². The Labute approximate surface area is 137 Å². The van der Waals surface area contributed by atoms with E-state index in [1.807, 2.05) is 69.3 Å². The van der Waals surface area contributed by atoms with Crippen molar-refractivity contribution in [3.8, 4) is 11.5 Å². The average Bonchev–Trinajstić information content (AvgIpc) is 2.52. The van der Waals surface area contributed by atoms with Gasteiger partial charge in [0, 0.05) is 6.54 Å². The van der Waals surface area contributed by atoms with Gasteiger partial charge in [0.05, 0.1) is 6.10 Å². The van der Waals surface area contributed by atoms with Crippen molar-refractivity contribution in [3.63, 3.8) is 0 Å². The second-order valence-corrected chi connectivity index (χ2v) is 5.69. The monoisotopic (exact) mass is 313 g/mol. The summed E-state index contributed by atoms with van der Waals surface area (Å²) in [6.45, 7) is 6.43. The van der Waals surface area contributed by atoms with E-state index in [1.165, 1.54) is 0 Å². The zero-order valence-corrected chi connectivity index (χ0v) is 13.8. The van der Waals surface area contributed by atoms with Gasteiger partial charge in [0.2, 0.25) is 0 Å². The number of hydrogen-bond donors (Lipinski definition) is 1. The molecule has 0 atom stereocenters. The zero-order chi connectivity index (χ0) is 16.7. The lowest BCUT2D eigenvalue weighted by Gasteiger charge is -2.11. The highest BCUT2D eigenvalue weighted by Gasteiger charge is 2.04. The van der Waals surface area contributed by atoms with Crippen LogP contribution >= 0.6 is 0 Å². The highest BCUT2D eigenvalue weighted by atomic mass is 16.5. The predicted octanol–water partition coefficient (Wildman–Crippen LogP) is 3.48. The summed E-state index contributed by atoms with van der Waals surface area (Å²) in [5.74, 6) is 1.35. The number of rotatable bonds is 7. The quantitative estimate of drug-likeness (QED) is 0.851. The Hall–Kier alpha value is -2.49. The molecule has 0 unspecified atom stereocenters. The minimum absolute atomic E-state index is 0.00520. The molecule has 0 fully saturated rings. The maximum Gasteiger partial charge on any atom is 0.258 e. The Kier molecular flexibility index (Phi) is 6.03. The van der Waals surface area contributed by atoms with Crippen LogP contribution in [-0.2, 0) is 11.3 Å². The largest absolute Gasteiger partial charge is 0.491 e. The van der Waals surface area contributed by atoms with Crippen molar-refractivity contribution < 1.29 is 14.3 Å². The molecule has 1 amide bonds. The van der Waals surface area contributed by atoms with Crippen molar-refractivity contribution >= 4 is 5.91 Å². The molecule has 0 saturated heterocycles. The first kappa shape index (κ1) is 16.9. The van der Waals surface area contributed by atoms with Crippen LogP contribution in [0.4, 0.5) is 0 Å². The average molecular weight is 313 g/mol. The minimum Gasteiger partial charge on any atom is -0.491 e. The molecule has 4 heteroatoms. The topological polar surface area (TPSA) is 47.6 Å². The maximum absolute atomic E-state index is 11.9. The number of aryl methyl sites for hydroxylation is 1. The third-order valence-corrected chi connectivity index (χ3v) is 3.15. The van der Waals surface area contributed by atoms with Crippen LogP contribution in [0, 0.1) is 6.92 Å². The Morgan fingerprint density at radius 1 is 1.09 bits per heavy atom. The van der Waals surface area contributed by atoms with Crippen LogP contribution in [-0.4, -0.2) is 18.6 Å². The lowest BCUT2D eigenvalue weighted by Crippen LogP contribution is -2.28. The Morgan fingerprint density at radius 2 is 1.83 bits per heavy atom. The Morgan fingerprint density at radius 3 is 2.52 bits per heavy atom. The van der Waals surface area contributed by atoms with Crippen molar-refractivity contribution in [2.75, 3.05) is 6.61 Å². The first-order valence-corrected chi connectivity index (χ1v) is 7.74. The smallest absolute Gasteiger partial charge is 0.258 e. The molecule has 0 aromatic heterocycles. The number of carbonyl (C=O) groups excluding carboxylic acids is 1. The lowest BCUT2D eigenvalue weighted by atomic mass is 10.2. The van der Waals surface area contributed by atoms with Gasteiger partial charge in [0.25, 0.3) is 5.91 Å². The van der Waals surface area contributed by atoms with Crippen LogP contribution in [0.1, 0.15) is 25.0 Å². The summed E-state index contributed by atoms with van der Waals surface area (Å²) in [4.78, 5) is 11.9. The Bertz CT molecular complexity index is 635. The minimum atomic E-state index is -0.152. The van der Waals surface area contributed by atoms with E-state index in [0.29, 0.717) is 12.3 Å². The molecular formula is C19H23NO3. The highest BCUT2D eigenvalue weighted by Crippen LogP contribution is 2.15. The summed E-state index contributed by atoms with van der Waals surface area (Å²) in [5, 5.41) is 2.84. The molecule has 0 heterocycles. The second-order valence-electron chi connectivity index (χ2n) is 5.69. The molecule has 0 aliphatic carbocycles. The van der Waals surface area contributed by atoms with Gasteiger partial charge in [-0.15, -0.1) is 0 Å². The fourth-order valence-electron chi connectivity index (χ4n) is 2.04. The van der Waals surface area contributed by atoms with Gasteiger partial charge in [-0.1, -0.05) is 29.8 Å². The number of nitrogens with one attached hydrogen (secondary N) is 1. The molecule has 2 rings (SSSR count). The fourth-order valence-corrected chi connectivity index (χ4v) is 2.04. The van der Waals surface area contributed by atoms with Crippen LogP contribution in [0.15, 0.2) is 48.5 Å². The highest BCUT2D eigenvalue weighted by molar-refractivity contribution is 5.77. The number of amides is 1. The molecule has 0 spiro atoms. The van der Waals surface area contributed by atoms with Gasteiger partial charge in [0.1, 0.15) is 11.5 Å². The van der Waals surface area contributed by atoms with Crippen molar-refractivity contribution in [1.29, 1.82) is 0 Å². The molecule has 0 aliphatic rings. The van der Waals surface area contributed by atoms with Crippen LogP contribution in [0.2, 0.25) is 0 Å². The van der Waals surface area contributed by atoms with Crippen molar-refractivity contribution in [3.05, 3.63) is 59.7 Å². The molecule has 0 bridgehead atoms. The zero-order valence-electron chi connectivity index (χ0n) is 13.8. The van der Waals surface area contributed by atoms with E-state index in [9.17, 15) is 4.79 Å². The normalized spacial score (nSPS) is 10.4. The molecule has 122 valence electrons. The van der Waals surface area contributed by atoms with E-state index >= 15 is 0 Å². The summed E-state index contributed by atoms with van der Waals surface area (Å²) in [5.41, 5.74) is 2.15. The predicted molar refractivity (Wildman–Crippen MR) is 90.7 cm³/mol. The molecule has 0 saturated carbocycles. The Balaban J connectivity index is 1.78. The van der Waals surface area contributed by atoms with Gasteiger partial charge in [-0.05, 0) is 50.6 Å². The van der Waals surface area contributed by atoms with E-state index in [1.54, 1.807) is 0 Å². The maximum atomic E-state index is 11.9. The van der Waals surface area contributed by atoms with Crippen LogP contribution in [0.5, 0.6) is 11.5 Å². The first-order chi connectivity index (χ1) is 11.0. The SMILES string of the molecule is Cc1ccc(OCC(=O)NCc2cccc(OC(C)C)c2)cc1. The third kappa shape index (κ3) is 6.02. The molecule has 1 N–H and O–H groups in total. The molecule has 0 radical (unpaired) electrons. The summed E-state index contributed by atoms with van der Waals surface area (Å²) < 4.78 is 11.1. The number of ether oxygens (including phenoxy) is 2. The van der Waals surface area contributed by atoms with Crippen LogP contribution < -0.4 is 14.8 Å². The van der Waals surface area contributed by atoms with Gasteiger partial charge in [0.15, 0.2) is 6.61 Å². The van der Waals surface area contributed by atoms with E-state index in [-0.39, 0.29) is 18.6 Å². The van der Waals surface area contributed by atoms with Gasteiger partial charge in [-0.3, -0.25) is 4.79 Å². The lowest BCUT2D eigenvalue weighted by molar-refractivity contribution is -0.123. The van der Waals surface area contributed by atoms with E-state index in [2.05, 4.69) is 5.32 Å². The van der Waals surface area contributed by atoms with Gasteiger partial charge >= 0.3 is 0 Å². The summed E-state index contributed by atoms with van der Waals surface area (Å²) in [6, 6.07) is 15.3. The standard InChI is InChI=1S/C19H23NO3/c1-14(2)23-18-6-4-5-16(11-18)12-20-19(21)13-22-17-9-7-15(3)8-10-17/h4-11,14H,12-13H2,1-3H3,(H,20,21). The fraction of sp³-hybridized carbons (Fsp3) is 0.316. The third-order valence-electron chi connectivity index (χ3n) is 3.15. The summed E-state index contributed by atoms with van der Waals surface area (Å²) >= 11 is 0. The molecule has 2 aromatic rings. The summed E-state index contributed by atoms with van der Waals surface area (Å²) in [6.07, 6.45) is 0.128. The van der Waals surface area contributed by atoms with E-state index in [0.717, 1.165) is 16.9 Å². The number of carbonyl (C=O) groups is 1. The van der Waals surface area contributed by atoms with Gasteiger partial charge in [-0.25, -0.2) is 0 Å². The molecule has 2 aromatic carbocycles. The number of hydrogen-bond acceptors (Lipinski definition) is 3. The number of benzene rings is 2. The van der Waals surface area contributed by atoms with Gasteiger partial charge in [-0.2, -0.15) is 0 Å². The molecule has 23 heavy (non-hydrogen) atoms. The molecule has 0 aliphatic heterocycles. The van der Waals surface area contributed by atoms with Crippen molar-refractivity contribution in [1.82, 2.24) is 5.32 Å². The van der Waals surface area contributed by atoms with E-state index < -0.39 is 0 Å². The van der Waals surface area contributed by atoms with Gasteiger partial charge < -0.3 is 14.8 Å². The van der Waals surface area contributed by atoms with Crippen LogP contribution in [0.25, 0.3) is 0 Å². The molecular weight excluding hydrogens is 290 g/mol. The molecule has 4 nitrogen and oxygen atoms in total. The van der Waals surface area contributed by atoms with Crippen LogP contribution in [0.3, 0.4) is 0 Å². The van der Waals surface area contributed by atoms with E-state index in [4.69, 9.17) is 9.47 Å². The summed E-state index contributed by atoms with van der Waals surface area (Å²) in [7, 11) is 0. The first-order valence-electron chi connectivity index (χ1n) is 7.74. The van der Waals surface area contributed by atoms with Crippen molar-refractivity contribution in [2.45, 2.75) is 33.4 Å². The second kappa shape index (κ2) is 8.22.